The molecule has 96 valence electrons. The summed E-state index contributed by atoms with van der Waals surface area (Å²) in [5.41, 5.74) is 0.877. The minimum absolute atomic E-state index is 0.168. The van der Waals surface area contributed by atoms with E-state index in [1.165, 1.54) is 19.2 Å². The van der Waals surface area contributed by atoms with Gasteiger partial charge in [-0.3, -0.25) is 9.59 Å². The van der Waals surface area contributed by atoms with Crippen LogP contribution in [0, 0.1) is 5.82 Å². The van der Waals surface area contributed by atoms with E-state index < -0.39 is 11.7 Å². The second-order valence-corrected chi connectivity index (χ2v) is 3.92. The molecule has 0 saturated carbocycles. The summed E-state index contributed by atoms with van der Waals surface area (Å²) in [6.45, 7) is 0. The number of hydrogen-bond acceptors (Lipinski definition) is 3. The van der Waals surface area contributed by atoms with Crippen LogP contribution >= 0.6 is 0 Å². The lowest BCUT2D eigenvalue weighted by Gasteiger charge is -2.18. The number of amides is 1. The van der Waals surface area contributed by atoms with Crippen molar-refractivity contribution in [2.45, 2.75) is 0 Å². The van der Waals surface area contributed by atoms with Crippen LogP contribution in [0.1, 0.15) is 0 Å². The van der Waals surface area contributed by atoms with Crippen LogP contribution < -0.4 is 9.80 Å². The molecule has 0 aliphatic carbocycles. The van der Waals surface area contributed by atoms with Crippen LogP contribution in [0.3, 0.4) is 0 Å². The van der Waals surface area contributed by atoms with Gasteiger partial charge in [-0.2, -0.15) is 0 Å². The van der Waals surface area contributed by atoms with Crippen LogP contribution in [-0.2, 0) is 9.59 Å². The van der Waals surface area contributed by atoms with Gasteiger partial charge in [0.2, 0.25) is 0 Å². The molecule has 0 spiro atoms. The lowest BCUT2D eigenvalue weighted by Crippen LogP contribution is -2.25. The monoisotopic (exact) mass is 250 g/mol. The predicted molar refractivity (Wildman–Crippen MR) is 69.3 cm³/mol. The van der Waals surface area contributed by atoms with E-state index in [0.717, 1.165) is 17.1 Å². The molecule has 4 nitrogen and oxygen atoms in total. The van der Waals surface area contributed by atoms with Gasteiger partial charge in [0.05, 0.1) is 5.69 Å². The molecule has 5 heteroatoms. The third-order valence-corrected chi connectivity index (χ3v) is 2.46. The second kappa shape index (κ2) is 5.95. The number of likely N-dealkylation sites (N-methyl/N-ethyl adjacent to an activating group) is 1. The molecule has 0 atom stereocenters. The topological polar surface area (TPSA) is 40.6 Å². The summed E-state index contributed by atoms with van der Waals surface area (Å²) >= 11 is 0. The van der Waals surface area contributed by atoms with Crippen LogP contribution in [0.4, 0.5) is 15.8 Å². The quantitative estimate of drug-likeness (QED) is 0.602. The van der Waals surface area contributed by atoms with E-state index in [1.807, 2.05) is 0 Å². The van der Waals surface area contributed by atoms with Crippen molar-refractivity contribution in [2.24, 2.45) is 0 Å². The zero-order valence-corrected chi connectivity index (χ0v) is 10.6. The van der Waals surface area contributed by atoms with Crippen molar-refractivity contribution in [3.05, 3.63) is 36.2 Å². The molecule has 0 aliphatic rings. The second-order valence-electron chi connectivity index (χ2n) is 3.92. The Morgan fingerprint density at radius 3 is 2.44 bits per heavy atom. The molecule has 1 amide bonds. The molecule has 0 bridgehead atoms. The summed E-state index contributed by atoms with van der Waals surface area (Å²) in [5.74, 6) is -0.949. The standard InChI is InChI=1S/C13H15FN2O2/c1-15(2)10-6-7-12(11(14)9-10)16(3)13(18)5-4-8-17/h4-9H,1-3H3/b5-4-. The van der Waals surface area contributed by atoms with Gasteiger partial charge in [0.1, 0.15) is 12.1 Å². The molecule has 0 fully saturated rings. The summed E-state index contributed by atoms with van der Waals surface area (Å²) < 4.78 is 13.8. The Kier molecular flexibility index (Phi) is 4.59. The Labute approximate surface area is 105 Å². The van der Waals surface area contributed by atoms with Crippen molar-refractivity contribution in [2.75, 3.05) is 30.9 Å². The molecule has 0 aliphatic heterocycles. The number of aldehydes is 1. The van der Waals surface area contributed by atoms with Crippen LogP contribution in [0.5, 0.6) is 0 Å². The first-order valence-electron chi connectivity index (χ1n) is 5.33. The predicted octanol–water partition coefficient (Wildman–Crippen LogP) is 1.61. The van der Waals surface area contributed by atoms with E-state index in [2.05, 4.69) is 0 Å². The van der Waals surface area contributed by atoms with Gasteiger partial charge in [0.25, 0.3) is 5.91 Å². The maximum Gasteiger partial charge on any atom is 0.250 e. The number of carbonyl (C=O) groups is 2. The van der Waals surface area contributed by atoms with Gasteiger partial charge in [-0.1, -0.05) is 0 Å². The number of halogens is 1. The van der Waals surface area contributed by atoms with Crippen molar-refractivity contribution in [3.8, 4) is 0 Å². The Hall–Kier alpha value is -2.17. The molecule has 1 rings (SSSR count). The van der Waals surface area contributed by atoms with Crippen LogP contribution in [0.25, 0.3) is 0 Å². The third kappa shape index (κ3) is 3.16. The van der Waals surface area contributed by atoms with Gasteiger partial charge in [-0.15, -0.1) is 0 Å². The normalized spacial score (nSPS) is 10.4. The van der Waals surface area contributed by atoms with Crippen LogP contribution in [0.2, 0.25) is 0 Å². The fraction of sp³-hybridized carbons (Fsp3) is 0.231. The molecule has 0 heterocycles. The molecular weight excluding hydrogens is 235 g/mol. The highest BCUT2D eigenvalue weighted by molar-refractivity contribution is 6.02. The zero-order valence-electron chi connectivity index (χ0n) is 10.6. The number of hydrogen-bond donors (Lipinski definition) is 0. The van der Waals surface area contributed by atoms with Crippen LogP contribution in [0.15, 0.2) is 30.4 Å². The Morgan fingerprint density at radius 1 is 1.28 bits per heavy atom. The fourth-order valence-corrected chi connectivity index (χ4v) is 1.40. The molecule has 0 N–H and O–H groups in total. The van der Waals surface area contributed by atoms with Crippen molar-refractivity contribution in [1.29, 1.82) is 0 Å². The molecule has 0 radical (unpaired) electrons. The Balaban J connectivity index is 3.00. The first kappa shape index (κ1) is 13.9. The van der Waals surface area contributed by atoms with Gasteiger partial charge >= 0.3 is 0 Å². The van der Waals surface area contributed by atoms with Crippen molar-refractivity contribution < 1.29 is 14.0 Å². The first-order chi connectivity index (χ1) is 8.47. The largest absolute Gasteiger partial charge is 0.378 e. The molecule has 18 heavy (non-hydrogen) atoms. The molecule has 1 aromatic rings. The zero-order chi connectivity index (χ0) is 13.7. The van der Waals surface area contributed by atoms with E-state index >= 15 is 0 Å². The summed E-state index contributed by atoms with van der Waals surface area (Å²) in [6, 6.07) is 4.59. The summed E-state index contributed by atoms with van der Waals surface area (Å²) in [6.07, 6.45) is 2.66. The van der Waals surface area contributed by atoms with Gasteiger partial charge in [-0.05, 0) is 24.3 Å². The SMILES string of the molecule is CN(C)c1ccc(N(C)C(=O)/C=C\C=O)c(F)c1. The van der Waals surface area contributed by atoms with Gasteiger partial charge in [0, 0.05) is 32.9 Å². The van der Waals surface area contributed by atoms with Gasteiger partial charge in [0.15, 0.2) is 0 Å². The first-order valence-corrected chi connectivity index (χ1v) is 5.33. The summed E-state index contributed by atoms with van der Waals surface area (Å²) in [5, 5.41) is 0. The number of benzene rings is 1. The minimum Gasteiger partial charge on any atom is -0.378 e. The average Bonchev–Trinajstić information content (AvgIpc) is 2.34. The number of allylic oxidation sites excluding steroid dienone is 1. The van der Waals surface area contributed by atoms with Gasteiger partial charge < -0.3 is 9.80 Å². The van der Waals surface area contributed by atoms with E-state index in [4.69, 9.17) is 0 Å². The lowest BCUT2D eigenvalue weighted by molar-refractivity contribution is -0.114. The van der Waals surface area contributed by atoms with E-state index in [9.17, 15) is 14.0 Å². The van der Waals surface area contributed by atoms with Gasteiger partial charge in [-0.25, -0.2) is 4.39 Å². The number of anilines is 2. The number of nitrogens with zero attached hydrogens (tertiary/aromatic N) is 2. The highest BCUT2D eigenvalue weighted by atomic mass is 19.1. The number of rotatable bonds is 4. The molecule has 0 aromatic heterocycles. The highest BCUT2D eigenvalue weighted by Gasteiger charge is 2.13. The van der Waals surface area contributed by atoms with Crippen molar-refractivity contribution in [3.63, 3.8) is 0 Å². The third-order valence-electron chi connectivity index (χ3n) is 2.46. The van der Waals surface area contributed by atoms with Crippen LogP contribution in [-0.4, -0.2) is 33.3 Å². The van der Waals surface area contributed by atoms with E-state index in [1.54, 1.807) is 25.1 Å². The highest BCUT2D eigenvalue weighted by Crippen LogP contribution is 2.23. The smallest absolute Gasteiger partial charge is 0.250 e. The Morgan fingerprint density at radius 2 is 1.94 bits per heavy atom. The maximum absolute atomic E-state index is 13.8. The van der Waals surface area contributed by atoms with Crippen molar-refractivity contribution in [1.82, 2.24) is 0 Å². The average molecular weight is 250 g/mol. The molecule has 1 aromatic carbocycles. The van der Waals surface area contributed by atoms with E-state index in [0.29, 0.717) is 12.0 Å². The van der Waals surface area contributed by atoms with E-state index in [-0.39, 0.29) is 5.69 Å². The summed E-state index contributed by atoms with van der Waals surface area (Å²) in [4.78, 5) is 24.6. The minimum atomic E-state index is -0.489. The number of carbonyl (C=O) groups excluding carboxylic acids is 2. The molecular formula is C13H15FN2O2. The Bertz CT molecular complexity index is 484. The molecule has 0 unspecified atom stereocenters. The van der Waals surface area contributed by atoms with Crippen molar-refractivity contribution >= 4 is 23.6 Å². The summed E-state index contributed by atoms with van der Waals surface area (Å²) in [7, 11) is 5.05. The maximum atomic E-state index is 13.8. The molecule has 0 saturated heterocycles. The fourth-order valence-electron chi connectivity index (χ4n) is 1.40. The lowest BCUT2D eigenvalue weighted by atomic mass is 10.2.